The molecule has 0 saturated heterocycles. The van der Waals surface area contributed by atoms with E-state index in [0.29, 0.717) is 18.0 Å². The van der Waals surface area contributed by atoms with Crippen LogP contribution in [0.1, 0.15) is 16.2 Å². The highest BCUT2D eigenvalue weighted by Crippen LogP contribution is 2.31. The fraction of sp³-hybridized carbons (Fsp3) is 0.103. The Hall–Kier alpha value is -4.63. The number of carbonyl (C=O) groups excluding carboxylic acids is 1. The molecule has 0 bridgehead atoms. The molecule has 0 atom stereocenters. The Labute approximate surface area is 220 Å². The van der Waals surface area contributed by atoms with Gasteiger partial charge in [0, 0.05) is 22.7 Å². The lowest BCUT2D eigenvalue weighted by atomic mass is 10.1. The molecule has 0 aliphatic rings. The minimum atomic E-state index is -4.12. The van der Waals surface area contributed by atoms with E-state index in [9.17, 15) is 13.2 Å². The fourth-order valence-electron chi connectivity index (χ4n) is 4.25. The van der Waals surface area contributed by atoms with Crippen molar-refractivity contribution in [2.45, 2.75) is 11.4 Å². The lowest BCUT2D eigenvalue weighted by molar-refractivity contribution is 0.0976. The Balaban J connectivity index is 1.47. The van der Waals surface area contributed by atoms with Gasteiger partial charge in [-0.05, 0) is 54.1 Å². The third kappa shape index (κ3) is 5.09. The molecule has 9 heteroatoms. The Kier molecular flexibility index (Phi) is 6.85. The summed E-state index contributed by atoms with van der Waals surface area (Å²) in [4.78, 5) is 17.3. The highest BCUT2D eigenvalue weighted by Gasteiger charge is 2.21. The molecule has 5 aromatic rings. The topological polar surface area (TPSA) is 99.5 Å². The number of aromatic nitrogens is 2. The average molecular weight is 528 g/mol. The molecule has 0 fully saturated rings. The Morgan fingerprint density at radius 2 is 1.58 bits per heavy atom. The number of rotatable bonds is 8. The monoisotopic (exact) mass is 527 g/mol. The van der Waals surface area contributed by atoms with Crippen LogP contribution in [-0.2, 0) is 16.6 Å². The lowest BCUT2D eigenvalue weighted by Gasteiger charge is -2.12. The average Bonchev–Trinajstić information content (AvgIpc) is 3.30. The number of hydrogen-bond acceptors (Lipinski definition) is 6. The summed E-state index contributed by atoms with van der Waals surface area (Å²) in [6.45, 7) is 0.365. The van der Waals surface area contributed by atoms with Gasteiger partial charge in [0.05, 0.1) is 31.4 Å². The summed E-state index contributed by atoms with van der Waals surface area (Å²) in [6.07, 6.45) is 0. The second-order valence-corrected chi connectivity index (χ2v) is 10.2. The predicted octanol–water partition coefficient (Wildman–Crippen LogP) is 4.89. The third-order valence-electron chi connectivity index (χ3n) is 6.12. The highest BCUT2D eigenvalue weighted by atomic mass is 32.2. The number of ether oxygens (including phenoxy) is 2. The van der Waals surface area contributed by atoms with E-state index < -0.39 is 15.9 Å². The van der Waals surface area contributed by atoms with Gasteiger partial charge in [0.1, 0.15) is 17.2 Å². The number of carbonyl (C=O) groups is 1. The van der Waals surface area contributed by atoms with Gasteiger partial charge in [-0.15, -0.1) is 0 Å². The molecule has 192 valence electrons. The summed E-state index contributed by atoms with van der Waals surface area (Å²) in [7, 11) is -1.05. The van der Waals surface area contributed by atoms with Crippen molar-refractivity contribution in [1.29, 1.82) is 0 Å². The van der Waals surface area contributed by atoms with Gasteiger partial charge < -0.3 is 14.0 Å². The van der Waals surface area contributed by atoms with Gasteiger partial charge >= 0.3 is 0 Å². The van der Waals surface area contributed by atoms with Crippen LogP contribution in [0.2, 0.25) is 0 Å². The molecule has 2 aromatic heterocycles. The third-order valence-corrected chi connectivity index (χ3v) is 7.44. The first kappa shape index (κ1) is 25.0. The molecule has 0 aliphatic heterocycles. The van der Waals surface area contributed by atoms with Gasteiger partial charge in [0.15, 0.2) is 0 Å². The van der Waals surface area contributed by atoms with Crippen LogP contribution in [0, 0.1) is 0 Å². The van der Waals surface area contributed by atoms with Crippen LogP contribution in [-0.4, -0.2) is 38.1 Å². The number of pyridine rings is 1. The molecule has 1 N–H and O–H groups in total. The maximum atomic E-state index is 12.9. The van der Waals surface area contributed by atoms with Crippen LogP contribution >= 0.6 is 0 Å². The summed E-state index contributed by atoms with van der Waals surface area (Å²) in [6, 6.07) is 28.8. The minimum absolute atomic E-state index is 0.00615. The Bertz CT molecular complexity index is 1730. The Morgan fingerprint density at radius 1 is 0.842 bits per heavy atom. The van der Waals surface area contributed by atoms with Crippen molar-refractivity contribution < 1.29 is 22.7 Å². The second kappa shape index (κ2) is 10.4. The summed E-state index contributed by atoms with van der Waals surface area (Å²) in [5.74, 6) is 0.301. The van der Waals surface area contributed by atoms with Crippen molar-refractivity contribution in [2.24, 2.45) is 0 Å². The van der Waals surface area contributed by atoms with E-state index in [1.807, 2.05) is 48.5 Å². The molecule has 0 unspecified atom stereocenters. The smallest absolute Gasteiger partial charge is 0.283 e. The van der Waals surface area contributed by atoms with Crippen LogP contribution in [0.25, 0.3) is 22.2 Å². The maximum absolute atomic E-state index is 12.9. The van der Waals surface area contributed by atoms with Gasteiger partial charge in [-0.1, -0.05) is 42.5 Å². The summed E-state index contributed by atoms with van der Waals surface area (Å²) in [5.41, 5.74) is 3.57. The van der Waals surface area contributed by atoms with E-state index in [0.717, 1.165) is 27.9 Å². The number of benzene rings is 3. The highest BCUT2D eigenvalue weighted by molar-refractivity contribution is 7.90. The van der Waals surface area contributed by atoms with E-state index in [1.165, 1.54) is 31.4 Å². The van der Waals surface area contributed by atoms with E-state index in [-0.39, 0.29) is 10.6 Å². The first-order valence-electron chi connectivity index (χ1n) is 11.8. The van der Waals surface area contributed by atoms with E-state index in [2.05, 4.69) is 20.3 Å². The van der Waals surface area contributed by atoms with Gasteiger partial charge in [0.2, 0.25) is 0 Å². The predicted molar refractivity (Wildman–Crippen MR) is 145 cm³/mol. The number of nitrogens with zero attached hydrogens (tertiary/aromatic N) is 2. The van der Waals surface area contributed by atoms with Crippen molar-refractivity contribution >= 4 is 26.8 Å². The standard InChI is InChI=1S/C29H25N3O5S/c1-36-23-11-7-12-25(18-23)38(34,35)31-29(33)26-13-6-10-22(30-26)19-32-27-15-14-24(37-2)16-21(27)17-28(32)20-8-4-3-5-9-20/h3-18H,19H2,1-2H3,(H,31,33). The molecule has 0 radical (unpaired) electrons. The quantitative estimate of drug-likeness (QED) is 0.309. The molecule has 8 nitrogen and oxygen atoms in total. The SMILES string of the molecule is COc1cccc(S(=O)(=O)NC(=O)c2cccc(Cn3c(-c4ccccc4)cc4cc(OC)ccc43)n2)c1. The summed E-state index contributed by atoms with van der Waals surface area (Å²) >= 11 is 0. The number of nitrogens with one attached hydrogen (secondary N) is 1. The fourth-order valence-corrected chi connectivity index (χ4v) is 5.25. The van der Waals surface area contributed by atoms with Crippen LogP contribution in [0.15, 0.2) is 102 Å². The number of amides is 1. The minimum Gasteiger partial charge on any atom is -0.497 e. The zero-order chi connectivity index (χ0) is 26.7. The molecule has 2 heterocycles. The van der Waals surface area contributed by atoms with Crippen LogP contribution in [0.5, 0.6) is 11.5 Å². The second-order valence-electron chi connectivity index (χ2n) is 8.53. The van der Waals surface area contributed by atoms with E-state index >= 15 is 0 Å². The number of hydrogen-bond donors (Lipinski definition) is 1. The van der Waals surface area contributed by atoms with Crippen molar-refractivity contribution in [1.82, 2.24) is 14.3 Å². The van der Waals surface area contributed by atoms with Crippen LogP contribution in [0.4, 0.5) is 0 Å². The van der Waals surface area contributed by atoms with E-state index in [1.54, 1.807) is 25.3 Å². The molecular formula is C29H25N3O5S. The molecule has 3 aromatic carbocycles. The van der Waals surface area contributed by atoms with Crippen LogP contribution < -0.4 is 14.2 Å². The molecule has 0 aliphatic carbocycles. The molecule has 5 rings (SSSR count). The zero-order valence-electron chi connectivity index (χ0n) is 20.8. The first-order valence-corrected chi connectivity index (χ1v) is 13.3. The lowest BCUT2D eigenvalue weighted by Crippen LogP contribution is -2.31. The van der Waals surface area contributed by atoms with Crippen molar-refractivity contribution in [3.8, 4) is 22.8 Å². The zero-order valence-corrected chi connectivity index (χ0v) is 21.6. The van der Waals surface area contributed by atoms with Gasteiger partial charge in [-0.2, -0.15) is 0 Å². The molecule has 38 heavy (non-hydrogen) atoms. The normalized spacial score (nSPS) is 11.3. The Morgan fingerprint density at radius 3 is 2.34 bits per heavy atom. The molecule has 0 saturated carbocycles. The number of fused-ring (bicyclic) bond motifs is 1. The van der Waals surface area contributed by atoms with E-state index in [4.69, 9.17) is 9.47 Å². The molecule has 1 amide bonds. The summed E-state index contributed by atoms with van der Waals surface area (Å²) in [5, 5.41) is 1.00. The van der Waals surface area contributed by atoms with Gasteiger partial charge in [0.25, 0.3) is 15.9 Å². The van der Waals surface area contributed by atoms with Crippen LogP contribution in [0.3, 0.4) is 0 Å². The van der Waals surface area contributed by atoms with Gasteiger partial charge in [-0.3, -0.25) is 4.79 Å². The van der Waals surface area contributed by atoms with Crippen molar-refractivity contribution in [3.63, 3.8) is 0 Å². The first-order chi connectivity index (χ1) is 18.4. The maximum Gasteiger partial charge on any atom is 0.283 e. The number of sulfonamides is 1. The largest absolute Gasteiger partial charge is 0.497 e. The molecular weight excluding hydrogens is 502 g/mol. The van der Waals surface area contributed by atoms with Gasteiger partial charge in [-0.25, -0.2) is 18.1 Å². The van der Waals surface area contributed by atoms with Crippen molar-refractivity contribution in [2.75, 3.05) is 14.2 Å². The van der Waals surface area contributed by atoms with Crippen molar-refractivity contribution in [3.05, 3.63) is 108 Å². The molecule has 0 spiro atoms. The summed E-state index contributed by atoms with van der Waals surface area (Å²) < 4.78 is 40.3. The number of methoxy groups -OCH3 is 2.